The zero-order valence-electron chi connectivity index (χ0n) is 9.39. The standard InChI is InChI=1S/C14H14N2O/c15-14(17)12-8-4-5-9-13(12)16-10-11-6-2-1-3-7-11/h1-9,16H,10H2,(H2,15,17)/q+1. The van der Waals surface area contributed by atoms with Crippen LogP contribution in [0.15, 0.2) is 54.6 Å². The first-order valence-electron chi connectivity index (χ1n) is 5.44. The lowest BCUT2D eigenvalue weighted by Gasteiger charge is -2.00. The van der Waals surface area contributed by atoms with Gasteiger partial charge in [0.2, 0.25) is 0 Å². The molecule has 3 heteroatoms. The molecule has 17 heavy (non-hydrogen) atoms. The molecule has 0 bridgehead atoms. The van der Waals surface area contributed by atoms with Crippen molar-refractivity contribution in [3.8, 4) is 0 Å². The maximum atomic E-state index is 11.2. The van der Waals surface area contributed by atoms with Crippen LogP contribution in [0.3, 0.4) is 0 Å². The van der Waals surface area contributed by atoms with Crippen molar-refractivity contribution in [3.63, 3.8) is 0 Å². The van der Waals surface area contributed by atoms with Gasteiger partial charge >= 0.3 is 0 Å². The van der Waals surface area contributed by atoms with Crippen molar-refractivity contribution in [2.75, 3.05) is 0 Å². The fourth-order valence-corrected chi connectivity index (χ4v) is 1.65. The van der Waals surface area contributed by atoms with E-state index in [0.29, 0.717) is 12.1 Å². The Bertz CT molecular complexity index is 509. The minimum Gasteiger partial charge on any atom is -0.365 e. The van der Waals surface area contributed by atoms with E-state index in [4.69, 9.17) is 5.73 Å². The number of anilines is 1. The van der Waals surface area contributed by atoms with Gasteiger partial charge in [-0.25, -0.2) is 0 Å². The molecule has 0 atom stereocenters. The van der Waals surface area contributed by atoms with Crippen LogP contribution in [0.25, 0.3) is 0 Å². The summed E-state index contributed by atoms with van der Waals surface area (Å²) in [6.45, 7) is 0.672. The Morgan fingerprint density at radius 3 is 2.35 bits per heavy atom. The monoisotopic (exact) mass is 226 g/mol. The van der Waals surface area contributed by atoms with Crippen LogP contribution in [-0.2, 0) is 6.54 Å². The van der Waals surface area contributed by atoms with Gasteiger partial charge in [0.15, 0.2) is 12.2 Å². The van der Waals surface area contributed by atoms with Crippen molar-refractivity contribution >= 4 is 11.6 Å². The van der Waals surface area contributed by atoms with Crippen molar-refractivity contribution in [2.24, 2.45) is 5.73 Å². The first kappa shape index (κ1) is 11.4. The molecular formula is C14H14N2O+. The van der Waals surface area contributed by atoms with Crippen molar-refractivity contribution in [1.29, 1.82) is 0 Å². The van der Waals surface area contributed by atoms with Gasteiger partial charge in [0, 0.05) is 11.6 Å². The van der Waals surface area contributed by atoms with Gasteiger partial charge in [-0.2, -0.15) is 0 Å². The topological polar surface area (TPSA) is 58.7 Å². The lowest BCUT2D eigenvalue weighted by atomic mass is 10.1. The second kappa shape index (κ2) is 5.27. The Morgan fingerprint density at radius 2 is 1.65 bits per heavy atom. The summed E-state index contributed by atoms with van der Waals surface area (Å²) in [5.41, 5.74) is 7.75. The molecule has 0 fully saturated rings. The summed E-state index contributed by atoms with van der Waals surface area (Å²) in [5.74, 6) is -0.416. The minimum absolute atomic E-state index is 0.416. The van der Waals surface area contributed by atoms with Crippen LogP contribution in [0.2, 0.25) is 0 Å². The van der Waals surface area contributed by atoms with Crippen LogP contribution in [-0.4, -0.2) is 5.91 Å². The molecule has 3 nitrogen and oxygen atoms in total. The van der Waals surface area contributed by atoms with Crippen LogP contribution in [0.1, 0.15) is 15.9 Å². The van der Waals surface area contributed by atoms with E-state index in [0.717, 1.165) is 11.3 Å². The van der Waals surface area contributed by atoms with Crippen molar-refractivity contribution < 1.29 is 10.1 Å². The number of carbonyl (C=O) groups excluding carboxylic acids is 1. The highest BCUT2D eigenvalue weighted by Gasteiger charge is 2.13. The maximum Gasteiger partial charge on any atom is 0.254 e. The average molecular weight is 226 g/mol. The second-order valence-corrected chi connectivity index (χ2v) is 3.75. The highest BCUT2D eigenvalue weighted by Crippen LogP contribution is 2.08. The van der Waals surface area contributed by atoms with Crippen molar-refractivity contribution in [1.82, 2.24) is 0 Å². The molecule has 0 saturated heterocycles. The molecule has 0 unspecified atom stereocenters. The molecule has 2 aromatic rings. The third-order valence-electron chi connectivity index (χ3n) is 2.52. The van der Waals surface area contributed by atoms with E-state index in [1.54, 1.807) is 12.1 Å². The van der Waals surface area contributed by atoms with E-state index < -0.39 is 5.91 Å². The number of benzene rings is 2. The molecule has 3 N–H and O–H groups in total. The number of carbonyl (C=O) groups is 1. The molecule has 0 aliphatic rings. The number of nitrogens with one attached hydrogen (secondary N) is 1. The third kappa shape index (κ3) is 2.92. The van der Waals surface area contributed by atoms with E-state index in [2.05, 4.69) is 5.32 Å². The zero-order chi connectivity index (χ0) is 12.1. The first-order chi connectivity index (χ1) is 8.27. The van der Waals surface area contributed by atoms with Crippen LogP contribution in [0.4, 0.5) is 5.69 Å². The summed E-state index contributed by atoms with van der Waals surface area (Å²) in [6, 6.07) is 17.2. The van der Waals surface area contributed by atoms with Gasteiger partial charge in [-0.05, 0) is 6.07 Å². The predicted molar refractivity (Wildman–Crippen MR) is 65.7 cm³/mol. The lowest BCUT2D eigenvalue weighted by Crippen LogP contribution is -2.76. The summed E-state index contributed by atoms with van der Waals surface area (Å²) in [5, 5.41) is 3.21. The number of hydrogen-bond acceptors (Lipinski definition) is 2. The fourth-order valence-electron chi connectivity index (χ4n) is 1.65. The highest BCUT2D eigenvalue weighted by atomic mass is 16.1. The minimum atomic E-state index is -0.416. The Morgan fingerprint density at radius 1 is 1.00 bits per heavy atom. The first-order valence-corrected chi connectivity index (χ1v) is 5.44. The highest BCUT2D eigenvalue weighted by molar-refractivity contribution is 5.96. The van der Waals surface area contributed by atoms with E-state index in [1.807, 2.05) is 42.5 Å². The molecule has 1 amide bonds. The van der Waals surface area contributed by atoms with Crippen LogP contribution in [0.5, 0.6) is 0 Å². The number of primary amides is 1. The Balaban J connectivity index is 2.12. The largest absolute Gasteiger partial charge is 0.365 e. The van der Waals surface area contributed by atoms with Crippen LogP contribution in [0, 0.1) is 0 Å². The molecular weight excluding hydrogens is 212 g/mol. The molecule has 0 spiro atoms. The van der Waals surface area contributed by atoms with Gasteiger partial charge in [0.1, 0.15) is 5.56 Å². The van der Waals surface area contributed by atoms with Gasteiger partial charge in [0.05, 0.1) is 0 Å². The Labute approximate surface area is 100 Å². The van der Waals surface area contributed by atoms with Crippen molar-refractivity contribution in [2.45, 2.75) is 6.54 Å². The number of amides is 1. The molecule has 0 saturated carbocycles. The maximum absolute atomic E-state index is 11.2. The number of rotatable bonds is 4. The zero-order valence-corrected chi connectivity index (χ0v) is 9.39. The van der Waals surface area contributed by atoms with Gasteiger partial charge in [-0.15, -0.1) is 5.32 Å². The molecule has 85 valence electrons. The lowest BCUT2D eigenvalue weighted by molar-refractivity contribution is -0.588. The van der Waals surface area contributed by atoms with E-state index >= 15 is 0 Å². The molecule has 0 aliphatic heterocycles. The number of nitrogens with two attached hydrogens (primary N) is 1. The van der Waals surface area contributed by atoms with E-state index in [1.165, 1.54) is 0 Å². The SMILES string of the molecule is NC(=O)c1ccccc1[NH+]Cc1ccccc1. The van der Waals surface area contributed by atoms with Crippen LogP contribution >= 0.6 is 0 Å². The average Bonchev–Trinajstić information content (AvgIpc) is 2.38. The number of hydrogen-bond donors (Lipinski definition) is 2. The Kier molecular flexibility index (Phi) is 3.52. The normalized spacial score (nSPS) is 10.1. The van der Waals surface area contributed by atoms with Gasteiger partial charge in [-0.1, -0.05) is 42.5 Å². The van der Waals surface area contributed by atoms with Crippen molar-refractivity contribution in [3.05, 3.63) is 65.7 Å². The summed E-state index contributed by atoms with van der Waals surface area (Å²) >= 11 is 0. The van der Waals surface area contributed by atoms with Gasteiger partial charge in [0.25, 0.3) is 5.91 Å². The molecule has 0 aliphatic carbocycles. The smallest absolute Gasteiger partial charge is 0.254 e. The molecule has 0 heterocycles. The van der Waals surface area contributed by atoms with Gasteiger partial charge < -0.3 is 5.73 Å². The molecule has 2 aromatic carbocycles. The second-order valence-electron chi connectivity index (χ2n) is 3.75. The summed E-state index contributed by atoms with van der Waals surface area (Å²) in [4.78, 5) is 11.2. The summed E-state index contributed by atoms with van der Waals surface area (Å²) in [6.07, 6.45) is 0. The predicted octanol–water partition coefficient (Wildman–Crippen LogP) is 0.966. The number of para-hydroxylation sites is 1. The van der Waals surface area contributed by atoms with E-state index in [-0.39, 0.29) is 0 Å². The quantitative estimate of drug-likeness (QED) is 0.801. The fraction of sp³-hybridized carbons (Fsp3) is 0.0714. The molecule has 1 radical (unpaired) electrons. The van der Waals surface area contributed by atoms with E-state index in [9.17, 15) is 4.79 Å². The Hall–Kier alpha value is -2.13. The van der Waals surface area contributed by atoms with Crippen LogP contribution < -0.4 is 11.1 Å². The summed E-state index contributed by atoms with van der Waals surface area (Å²) < 4.78 is 0. The third-order valence-corrected chi connectivity index (χ3v) is 2.52. The van der Waals surface area contributed by atoms with Gasteiger partial charge in [-0.3, -0.25) is 4.79 Å². The summed E-state index contributed by atoms with van der Waals surface area (Å²) in [7, 11) is 0. The molecule has 0 aromatic heterocycles. The molecule has 2 rings (SSSR count).